The zero-order valence-electron chi connectivity index (χ0n) is 18.3. The second kappa shape index (κ2) is 9.74. The number of fused-ring (bicyclic) bond motifs is 1. The number of nitrogens with zero attached hydrogens (tertiary/aromatic N) is 1. The van der Waals surface area contributed by atoms with Crippen molar-refractivity contribution in [3.05, 3.63) is 95.1 Å². The van der Waals surface area contributed by atoms with Crippen LogP contribution in [0.2, 0.25) is 0 Å². The molecule has 1 amide bonds. The fourth-order valence-corrected chi connectivity index (χ4v) is 5.32. The van der Waals surface area contributed by atoms with Crippen molar-refractivity contribution in [3.63, 3.8) is 0 Å². The summed E-state index contributed by atoms with van der Waals surface area (Å²) in [5.74, 6) is 0.216. The van der Waals surface area contributed by atoms with Crippen LogP contribution in [0.25, 0.3) is 0 Å². The average Bonchev–Trinajstić information content (AvgIpc) is 2.86. The first-order chi connectivity index (χ1) is 15.9. The van der Waals surface area contributed by atoms with Crippen molar-refractivity contribution >= 4 is 15.9 Å². The maximum absolute atomic E-state index is 13.2. The molecule has 0 fully saturated rings. The molecule has 4 rings (SSSR count). The van der Waals surface area contributed by atoms with E-state index in [-0.39, 0.29) is 17.0 Å². The van der Waals surface area contributed by atoms with Crippen molar-refractivity contribution in [2.75, 3.05) is 20.2 Å². The number of methoxy groups -OCH3 is 1. The molecule has 3 aromatic carbocycles. The highest BCUT2D eigenvalue weighted by Crippen LogP contribution is 2.25. The number of hydrogen-bond donors (Lipinski definition) is 2. The Kier molecular flexibility index (Phi) is 6.78. The Bertz CT molecular complexity index is 1240. The minimum Gasteiger partial charge on any atom is -0.497 e. The Balaban J connectivity index is 1.44. The number of aliphatic hydroxyl groups excluding tert-OH is 1. The quantitative estimate of drug-likeness (QED) is 0.558. The van der Waals surface area contributed by atoms with E-state index in [1.807, 2.05) is 24.3 Å². The van der Waals surface area contributed by atoms with Gasteiger partial charge in [-0.2, -0.15) is 4.31 Å². The molecule has 1 aliphatic rings. The summed E-state index contributed by atoms with van der Waals surface area (Å²) in [6.07, 6.45) is -0.251. The maximum Gasteiger partial charge on any atom is 0.251 e. The van der Waals surface area contributed by atoms with Crippen molar-refractivity contribution in [1.29, 1.82) is 0 Å². The Morgan fingerprint density at radius 3 is 2.52 bits per heavy atom. The van der Waals surface area contributed by atoms with Gasteiger partial charge in [-0.1, -0.05) is 42.5 Å². The minimum atomic E-state index is -3.75. The number of carbonyl (C=O) groups is 1. The number of rotatable bonds is 7. The number of amides is 1. The van der Waals surface area contributed by atoms with Gasteiger partial charge < -0.3 is 15.2 Å². The second-order valence-electron chi connectivity index (χ2n) is 7.88. The summed E-state index contributed by atoms with van der Waals surface area (Å²) in [7, 11) is -2.19. The number of benzene rings is 3. The summed E-state index contributed by atoms with van der Waals surface area (Å²) >= 11 is 0. The lowest BCUT2D eigenvalue weighted by Gasteiger charge is -2.28. The molecule has 0 aromatic heterocycles. The van der Waals surface area contributed by atoms with E-state index in [2.05, 4.69) is 5.32 Å². The SMILES string of the molecule is COc1ccc(C(O)CNC(=O)c2cccc(S(=O)(=O)N3CCc4ccccc4C3)c2)cc1. The van der Waals surface area contributed by atoms with E-state index in [4.69, 9.17) is 4.74 Å². The van der Waals surface area contributed by atoms with Gasteiger partial charge in [0.1, 0.15) is 5.75 Å². The molecule has 8 heteroatoms. The highest BCUT2D eigenvalue weighted by atomic mass is 32.2. The lowest BCUT2D eigenvalue weighted by molar-refractivity contribution is 0.0916. The third-order valence-electron chi connectivity index (χ3n) is 5.79. The monoisotopic (exact) mass is 466 g/mol. The van der Waals surface area contributed by atoms with E-state index < -0.39 is 22.0 Å². The van der Waals surface area contributed by atoms with Crippen LogP contribution < -0.4 is 10.1 Å². The third-order valence-corrected chi connectivity index (χ3v) is 7.63. The van der Waals surface area contributed by atoms with Crippen molar-refractivity contribution in [3.8, 4) is 5.75 Å². The third kappa shape index (κ3) is 5.08. The number of sulfonamides is 1. The summed E-state index contributed by atoms with van der Waals surface area (Å²) < 4.78 is 33.0. The molecule has 172 valence electrons. The van der Waals surface area contributed by atoms with Crippen LogP contribution in [0.3, 0.4) is 0 Å². The molecular weight excluding hydrogens is 440 g/mol. The van der Waals surface area contributed by atoms with Gasteiger partial charge in [0.25, 0.3) is 5.91 Å². The molecule has 2 N–H and O–H groups in total. The molecule has 1 atom stereocenters. The van der Waals surface area contributed by atoms with Crippen LogP contribution in [-0.4, -0.2) is 43.9 Å². The normalized spacial score (nSPS) is 14.8. The van der Waals surface area contributed by atoms with Crippen LogP contribution in [0.5, 0.6) is 5.75 Å². The summed E-state index contributed by atoms with van der Waals surface area (Å²) in [5.41, 5.74) is 3.01. The minimum absolute atomic E-state index is 0.00888. The largest absolute Gasteiger partial charge is 0.497 e. The smallest absolute Gasteiger partial charge is 0.251 e. The van der Waals surface area contributed by atoms with E-state index in [1.165, 1.54) is 16.4 Å². The Morgan fingerprint density at radius 2 is 1.79 bits per heavy atom. The molecule has 3 aromatic rings. The van der Waals surface area contributed by atoms with Gasteiger partial charge in [-0.25, -0.2) is 8.42 Å². The zero-order chi connectivity index (χ0) is 23.4. The fraction of sp³-hybridized carbons (Fsp3) is 0.240. The van der Waals surface area contributed by atoms with Gasteiger partial charge in [-0.3, -0.25) is 4.79 Å². The van der Waals surface area contributed by atoms with E-state index in [0.29, 0.717) is 30.8 Å². The Morgan fingerprint density at radius 1 is 1.06 bits per heavy atom. The molecule has 0 saturated heterocycles. The molecule has 1 aliphatic heterocycles. The number of hydrogen-bond acceptors (Lipinski definition) is 5. The van der Waals surface area contributed by atoms with Gasteiger partial charge in [0, 0.05) is 25.2 Å². The molecule has 1 unspecified atom stereocenters. The molecule has 7 nitrogen and oxygen atoms in total. The Hall–Kier alpha value is -3.20. The number of nitrogens with one attached hydrogen (secondary N) is 1. The number of carbonyl (C=O) groups excluding carboxylic acids is 1. The fourth-order valence-electron chi connectivity index (χ4n) is 3.86. The van der Waals surface area contributed by atoms with Gasteiger partial charge in [-0.05, 0) is 53.4 Å². The molecule has 0 radical (unpaired) electrons. The molecule has 0 aliphatic carbocycles. The van der Waals surface area contributed by atoms with Gasteiger partial charge in [0.2, 0.25) is 10.0 Å². The molecule has 33 heavy (non-hydrogen) atoms. The van der Waals surface area contributed by atoms with Gasteiger partial charge in [-0.15, -0.1) is 0 Å². The lowest BCUT2D eigenvalue weighted by atomic mass is 10.0. The highest BCUT2D eigenvalue weighted by Gasteiger charge is 2.28. The number of aliphatic hydroxyl groups is 1. The first kappa shape index (κ1) is 23.0. The zero-order valence-corrected chi connectivity index (χ0v) is 19.1. The summed E-state index contributed by atoms with van der Waals surface area (Å²) in [5, 5.41) is 13.0. The van der Waals surface area contributed by atoms with Crippen LogP contribution in [0, 0.1) is 0 Å². The first-order valence-corrected chi connectivity index (χ1v) is 12.1. The van der Waals surface area contributed by atoms with Crippen molar-refractivity contribution in [2.24, 2.45) is 0 Å². The first-order valence-electron chi connectivity index (χ1n) is 10.7. The van der Waals surface area contributed by atoms with E-state index in [0.717, 1.165) is 11.1 Å². The van der Waals surface area contributed by atoms with Crippen molar-refractivity contribution in [1.82, 2.24) is 9.62 Å². The molecule has 0 saturated carbocycles. The van der Waals surface area contributed by atoms with Crippen LogP contribution in [-0.2, 0) is 23.0 Å². The van der Waals surface area contributed by atoms with E-state index in [1.54, 1.807) is 43.5 Å². The van der Waals surface area contributed by atoms with Crippen LogP contribution in [0.1, 0.15) is 33.2 Å². The number of ether oxygens (including phenoxy) is 1. The van der Waals surface area contributed by atoms with Crippen LogP contribution in [0.4, 0.5) is 0 Å². The maximum atomic E-state index is 13.2. The topological polar surface area (TPSA) is 95.9 Å². The predicted molar refractivity (Wildman–Crippen MR) is 124 cm³/mol. The predicted octanol–water partition coefficient (Wildman–Crippen LogP) is 2.91. The second-order valence-corrected chi connectivity index (χ2v) is 9.82. The lowest BCUT2D eigenvalue weighted by Crippen LogP contribution is -2.36. The summed E-state index contributed by atoms with van der Waals surface area (Å²) in [6.45, 7) is 0.692. The van der Waals surface area contributed by atoms with Crippen molar-refractivity contribution < 1.29 is 23.1 Å². The molecular formula is C25H26N2O5S. The van der Waals surface area contributed by atoms with E-state index >= 15 is 0 Å². The van der Waals surface area contributed by atoms with E-state index in [9.17, 15) is 18.3 Å². The van der Waals surface area contributed by atoms with Crippen LogP contribution in [0.15, 0.2) is 77.7 Å². The summed E-state index contributed by atoms with van der Waals surface area (Å²) in [6, 6.07) is 20.7. The highest BCUT2D eigenvalue weighted by molar-refractivity contribution is 7.89. The summed E-state index contributed by atoms with van der Waals surface area (Å²) in [4.78, 5) is 12.7. The molecule has 0 bridgehead atoms. The van der Waals surface area contributed by atoms with Gasteiger partial charge in [0.15, 0.2) is 0 Å². The standard InChI is InChI=1S/C25H26N2O5S/c1-32-22-11-9-19(10-12-22)24(28)16-26-25(29)20-7-4-8-23(15-20)33(30,31)27-14-13-18-5-2-3-6-21(18)17-27/h2-12,15,24,28H,13-14,16-17H2,1H3,(H,26,29). The molecule has 0 spiro atoms. The van der Waals surface area contributed by atoms with Crippen molar-refractivity contribution in [2.45, 2.75) is 24.0 Å². The van der Waals surface area contributed by atoms with Gasteiger partial charge >= 0.3 is 0 Å². The van der Waals surface area contributed by atoms with Gasteiger partial charge in [0.05, 0.1) is 18.1 Å². The van der Waals surface area contributed by atoms with Crippen LogP contribution >= 0.6 is 0 Å². The molecule has 1 heterocycles. The Labute approximate surface area is 193 Å². The average molecular weight is 467 g/mol.